The van der Waals surface area contributed by atoms with Crippen LogP contribution in [0.1, 0.15) is 22.0 Å². The quantitative estimate of drug-likeness (QED) is 0.437. The monoisotopic (exact) mass is 398 g/mol. The number of carbonyl (C=O) groups is 1. The lowest BCUT2D eigenvalue weighted by Crippen LogP contribution is -2.07. The summed E-state index contributed by atoms with van der Waals surface area (Å²) in [5.74, 6) is -0.0199. The first-order chi connectivity index (χ1) is 13.7. The Morgan fingerprint density at radius 2 is 2.00 bits per heavy atom. The smallest absolute Gasteiger partial charge is 0.375 e. The van der Waals surface area contributed by atoms with E-state index in [0.29, 0.717) is 27.6 Å². The van der Waals surface area contributed by atoms with E-state index in [-0.39, 0.29) is 24.9 Å². The molecule has 142 valence electrons. The largest absolute Gasteiger partial charge is 0.450 e. The van der Waals surface area contributed by atoms with Crippen LogP contribution in [0.3, 0.4) is 0 Å². The van der Waals surface area contributed by atoms with Crippen LogP contribution in [0.4, 0.5) is 0 Å². The van der Waals surface area contributed by atoms with E-state index in [1.54, 1.807) is 37.4 Å². The first-order valence-corrected chi connectivity index (χ1v) is 8.78. The summed E-state index contributed by atoms with van der Waals surface area (Å²) in [4.78, 5) is 16.7. The Bertz CT molecular complexity index is 1130. The Hall–Kier alpha value is -3.16. The number of para-hydroxylation sites is 1. The highest BCUT2D eigenvalue weighted by Crippen LogP contribution is 2.27. The van der Waals surface area contributed by atoms with E-state index in [2.05, 4.69) is 10.1 Å². The molecule has 4 rings (SSSR count). The van der Waals surface area contributed by atoms with Gasteiger partial charge in [0, 0.05) is 28.6 Å². The number of fused-ring (bicyclic) bond motifs is 1. The molecule has 8 heteroatoms. The minimum Gasteiger partial charge on any atom is -0.450 e. The first-order valence-electron chi connectivity index (χ1n) is 8.40. The van der Waals surface area contributed by atoms with E-state index in [1.165, 1.54) is 0 Å². The SMILES string of the molecule is COCc1c(C(=O)OCc2nc(-c3cccc(Cl)c3)no2)oc2ccccc12. The van der Waals surface area contributed by atoms with Crippen LogP contribution in [0.5, 0.6) is 0 Å². The molecule has 0 amide bonds. The number of rotatable bonds is 6. The minimum absolute atomic E-state index is 0.0950. The highest BCUT2D eigenvalue weighted by atomic mass is 35.5. The zero-order valence-corrected chi connectivity index (χ0v) is 15.6. The summed E-state index contributed by atoms with van der Waals surface area (Å²) in [5, 5.41) is 5.24. The number of benzene rings is 2. The van der Waals surface area contributed by atoms with Gasteiger partial charge in [-0.15, -0.1) is 0 Å². The maximum Gasteiger partial charge on any atom is 0.375 e. The fourth-order valence-electron chi connectivity index (χ4n) is 2.80. The first kappa shape index (κ1) is 18.2. The third-order valence-electron chi connectivity index (χ3n) is 4.05. The zero-order chi connectivity index (χ0) is 19.5. The number of aromatic nitrogens is 2. The normalized spacial score (nSPS) is 11.1. The second-order valence-electron chi connectivity index (χ2n) is 5.94. The van der Waals surface area contributed by atoms with E-state index in [9.17, 15) is 4.79 Å². The molecule has 0 atom stereocenters. The van der Waals surface area contributed by atoms with Crippen molar-refractivity contribution in [2.75, 3.05) is 7.11 Å². The van der Waals surface area contributed by atoms with Crippen LogP contribution in [0, 0.1) is 0 Å². The summed E-state index contributed by atoms with van der Waals surface area (Å²) in [5.41, 5.74) is 1.92. The molecule has 7 nitrogen and oxygen atoms in total. The zero-order valence-electron chi connectivity index (χ0n) is 14.8. The Morgan fingerprint density at radius 1 is 1.14 bits per heavy atom. The molecule has 2 aromatic carbocycles. The van der Waals surface area contributed by atoms with Gasteiger partial charge in [0.2, 0.25) is 11.6 Å². The number of hydrogen-bond donors (Lipinski definition) is 0. The van der Waals surface area contributed by atoms with Crippen LogP contribution in [-0.2, 0) is 22.7 Å². The fraction of sp³-hybridized carbons (Fsp3) is 0.150. The van der Waals surface area contributed by atoms with Gasteiger partial charge in [0.25, 0.3) is 5.89 Å². The molecule has 0 unspecified atom stereocenters. The van der Waals surface area contributed by atoms with Crippen molar-refractivity contribution in [3.8, 4) is 11.4 Å². The van der Waals surface area contributed by atoms with Crippen molar-refractivity contribution >= 4 is 28.5 Å². The molecule has 0 aliphatic carbocycles. The molecule has 0 bridgehead atoms. The van der Waals surface area contributed by atoms with E-state index in [1.807, 2.05) is 18.2 Å². The summed E-state index contributed by atoms with van der Waals surface area (Å²) in [6, 6.07) is 14.4. The van der Waals surface area contributed by atoms with Crippen molar-refractivity contribution < 1.29 is 23.2 Å². The lowest BCUT2D eigenvalue weighted by molar-refractivity contribution is 0.0390. The molecule has 0 saturated carbocycles. The molecular formula is C20H15ClN2O5. The molecule has 0 aliphatic heterocycles. The Morgan fingerprint density at radius 3 is 2.82 bits per heavy atom. The summed E-state index contributed by atoms with van der Waals surface area (Å²) < 4.78 is 21.3. The van der Waals surface area contributed by atoms with E-state index in [0.717, 1.165) is 5.39 Å². The average molecular weight is 399 g/mol. The number of nitrogens with zero attached hydrogens (tertiary/aromatic N) is 2. The second-order valence-corrected chi connectivity index (χ2v) is 6.37. The van der Waals surface area contributed by atoms with E-state index >= 15 is 0 Å². The van der Waals surface area contributed by atoms with Crippen LogP contribution in [0.15, 0.2) is 57.5 Å². The summed E-state index contributed by atoms with van der Waals surface area (Å²) in [7, 11) is 1.55. The molecular weight excluding hydrogens is 384 g/mol. The van der Waals surface area contributed by atoms with Crippen molar-refractivity contribution in [2.45, 2.75) is 13.2 Å². The van der Waals surface area contributed by atoms with Gasteiger partial charge in [-0.05, 0) is 18.2 Å². The van der Waals surface area contributed by atoms with Gasteiger partial charge < -0.3 is 18.4 Å². The van der Waals surface area contributed by atoms with Gasteiger partial charge in [-0.3, -0.25) is 0 Å². The number of halogens is 1. The molecule has 4 aromatic rings. The predicted molar refractivity (Wildman–Crippen MR) is 101 cm³/mol. The third-order valence-corrected chi connectivity index (χ3v) is 4.29. The van der Waals surface area contributed by atoms with Gasteiger partial charge in [-0.25, -0.2) is 4.79 Å². The average Bonchev–Trinajstić information content (AvgIpc) is 3.32. The molecule has 2 heterocycles. The van der Waals surface area contributed by atoms with Crippen molar-refractivity contribution in [3.05, 3.63) is 70.8 Å². The fourth-order valence-corrected chi connectivity index (χ4v) is 2.99. The second kappa shape index (κ2) is 7.84. The van der Waals surface area contributed by atoms with Crippen LogP contribution >= 0.6 is 11.6 Å². The maximum absolute atomic E-state index is 12.5. The standard InChI is InChI=1S/C20H15ClN2O5/c1-25-10-15-14-7-2-3-8-16(14)27-18(15)20(24)26-11-17-22-19(23-28-17)12-5-4-6-13(21)9-12/h2-9H,10-11H2,1H3. The predicted octanol–water partition coefficient (Wildman–Crippen LogP) is 4.64. The molecule has 2 aromatic heterocycles. The van der Waals surface area contributed by atoms with Gasteiger partial charge >= 0.3 is 5.97 Å². The number of methoxy groups -OCH3 is 1. The lowest BCUT2D eigenvalue weighted by Gasteiger charge is -2.02. The number of esters is 1. The minimum atomic E-state index is -0.634. The number of carbonyl (C=O) groups excluding carboxylic acids is 1. The summed E-state index contributed by atoms with van der Waals surface area (Å²) in [6.45, 7) is 0.0385. The van der Waals surface area contributed by atoms with Crippen molar-refractivity contribution in [2.24, 2.45) is 0 Å². The highest BCUT2D eigenvalue weighted by Gasteiger charge is 2.22. The number of furan rings is 1. The molecule has 0 spiro atoms. The van der Waals surface area contributed by atoms with E-state index < -0.39 is 5.97 Å². The van der Waals surface area contributed by atoms with Gasteiger partial charge in [0.15, 0.2) is 6.61 Å². The van der Waals surface area contributed by atoms with Gasteiger partial charge in [0.1, 0.15) is 5.58 Å². The maximum atomic E-state index is 12.5. The third kappa shape index (κ3) is 3.62. The van der Waals surface area contributed by atoms with Crippen LogP contribution in [-0.4, -0.2) is 23.2 Å². The summed E-state index contributed by atoms with van der Waals surface area (Å²) >= 11 is 5.97. The Kier molecular flexibility index (Phi) is 5.10. The van der Waals surface area contributed by atoms with E-state index in [4.69, 9.17) is 30.0 Å². The molecule has 0 saturated heterocycles. The number of hydrogen-bond acceptors (Lipinski definition) is 7. The van der Waals surface area contributed by atoms with Crippen LogP contribution < -0.4 is 0 Å². The molecule has 0 fully saturated rings. The van der Waals surface area contributed by atoms with Crippen LogP contribution in [0.25, 0.3) is 22.4 Å². The molecule has 0 aliphatic rings. The Labute approximate surface area is 164 Å². The molecule has 28 heavy (non-hydrogen) atoms. The highest BCUT2D eigenvalue weighted by molar-refractivity contribution is 6.30. The van der Waals surface area contributed by atoms with Crippen molar-refractivity contribution in [1.29, 1.82) is 0 Å². The van der Waals surface area contributed by atoms with Crippen molar-refractivity contribution in [1.82, 2.24) is 10.1 Å². The molecule has 0 radical (unpaired) electrons. The number of ether oxygens (including phenoxy) is 2. The van der Waals surface area contributed by atoms with Crippen molar-refractivity contribution in [3.63, 3.8) is 0 Å². The molecule has 0 N–H and O–H groups in total. The van der Waals surface area contributed by atoms with Gasteiger partial charge in [-0.1, -0.05) is 47.1 Å². The van der Waals surface area contributed by atoms with Gasteiger partial charge in [0.05, 0.1) is 6.61 Å². The Balaban J connectivity index is 1.51. The van der Waals surface area contributed by atoms with Crippen LogP contribution in [0.2, 0.25) is 5.02 Å². The summed E-state index contributed by atoms with van der Waals surface area (Å²) in [6.07, 6.45) is 0. The topological polar surface area (TPSA) is 87.6 Å². The van der Waals surface area contributed by atoms with Gasteiger partial charge in [-0.2, -0.15) is 4.98 Å². The lowest BCUT2D eigenvalue weighted by atomic mass is 10.1.